The van der Waals surface area contributed by atoms with Crippen LogP contribution >= 0.6 is 39.1 Å². The van der Waals surface area contributed by atoms with E-state index in [0.717, 1.165) is 20.5 Å². The molecule has 0 aliphatic carbocycles. The minimum atomic E-state index is -0.807. The van der Waals surface area contributed by atoms with Crippen LogP contribution in [0.15, 0.2) is 70.7 Å². The molecule has 172 valence electrons. The molecule has 4 rings (SSSR count). The first kappa shape index (κ1) is 24.0. The Morgan fingerprint density at radius 1 is 1.00 bits per heavy atom. The van der Waals surface area contributed by atoms with E-state index in [0.29, 0.717) is 27.0 Å². The van der Waals surface area contributed by atoms with Gasteiger partial charge in [-0.1, -0.05) is 63.4 Å². The van der Waals surface area contributed by atoms with E-state index in [4.69, 9.17) is 27.9 Å². The molecule has 0 atom stereocenters. The molecular formula is C25H17BrCl2N2O4. The van der Waals surface area contributed by atoms with Crippen molar-refractivity contribution in [3.8, 4) is 5.75 Å². The molecule has 0 unspecified atom stereocenters. The first-order chi connectivity index (χ1) is 16.2. The highest BCUT2D eigenvalue weighted by atomic mass is 79.9. The molecule has 9 heteroatoms. The van der Waals surface area contributed by atoms with Crippen LogP contribution in [0.5, 0.6) is 5.75 Å². The van der Waals surface area contributed by atoms with Gasteiger partial charge in [-0.05, 0) is 60.5 Å². The van der Waals surface area contributed by atoms with Crippen molar-refractivity contribution in [2.24, 2.45) is 0 Å². The van der Waals surface area contributed by atoms with E-state index in [1.54, 1.807) is 60.7 Å². The Morgan fingerprint density at radius 3 is 2.50 bits per heavy atom. The zero-order chi connectivity index (χ0) is 24.4. The lowest BCUT2D eigenvalue weighted by atomic mass is 10.1. The number of barbiturate groups is 1. The van der Waals surface area contributed by atoms with Crippen molar-refractivity contribution in [3.05, 3.63) is 97.4 Å². The topological polar surface area (TPSA) is 75.7 Å². The number of para-hydroxylation sites is 1. The van der Waals surface area contributed by atoms with Crippen molar-refractivity contribution in [2.45, 2.75) is 13.5 Å². The number of urea groups is 1. The van der Waals surface area contributed by atoms with E-state index < -0.39 is 17.8 Å². The first-order valence-electron chi connectivity index (χ1n) is 10.1. The summed E-state index contributed by atoms with van der Waals surface area (Å²) in [5, 5.41) is 3.09. The number of ether oxygens (including phenoxy) is 1. The third kappa shape index (κ3) is 5.01. The molecular weight excluding hydrogens is 543 g/mol. The third-order valence-corrected chi connectivity index (χ3v) is 6.73. The molecule has 3 aromatic rings. The van der Waals surface area contributed by atoms with E-state index in [9.17, 15) is 14.4 Å². The number of anilines is 1. The summed E-state index contributed by atoms with van der Waals surface area (Å²) in [6.45, 7) is 2.03. The number of benzene rings is 3. The highest BCUT2D eigenvalue weighted by Gasteiger charge is 2.37. The highest BCUT2D eigenvalue weighted by Crippen LogP contribution is 2.29. The number of nitrogens with one attached hydrogen (secondary N) is 1. The number of carbonyl (C=O) groups excluding carboxylic acids is 3. The maximum Gasteiger partial charge on any atom is 0.335 e. The molecule has 0 aromatic heterocycles. The van der Waals surface area contributed by atoms with Crippen LogP contribution in [0.4, 0.5) is 10.5 Å². The maximum atomic E-state index is 13.2. The van der Waals surface area contributed by atoms with Crippen LogP contribution in [0.2, 0.25) is 10.0 Å². The number of nitrogens with zero attached hydrogens (tertiary/aromatic N) is 1. The molecule has 0 bridgehead atoms. The van der Waals surface area contributed by atoms with E-state index in [2.05, 4.69) is 21.2 Å². The molecule has 6 nitrogen and oxygen atoms in total. The van der Waals surface area contributed by atoms with Crippen molar-refractivity contribution in [1.29, 1.82) is 0 Å². The molecule has 34 heavy (non-hydrogen) atoms. The zero-order valence-corrected chi connectivity index (χ0v) is 20.9. The summed E-state index contributed by atoms with van der Waals surface area (Å²) in [6, 6.07) is 16.4. The maximum absolute atomic E-state index is 13.2. The molecule has 1 aliphatic heterocycles. The van der Waals surface area contributed by atoms with E-state index in [1.165, 1.54) is 6.08 Å². The van der Waals surface area contributed by atoms with E-state index in [1.807, 2.05) is 6.92 Å². The molecule has 0 spiro atoms. The lowest BCUT2D eigenvalue weighted by Gasteiger charge is -2.26. The largest absolute Gasteiger partial charge is 0.488 e. The van der Waals surface area contributed by atoms with Crippen LogP contribution in [0.1, 0.15) is 16.7 Å². The number of amides is 4. The minimum Gasteiger partial charge on any atom is -0.488 e. The fourth-order valence-corrected chi connectivity index (χ4v) is 3.90. The van der Waals surface area contributed by atoms with Crippen molar-refractivity contribution in [3.63, 3.8) is 0 Å². The number of rotatable bonds is 5. The molecule has 1 N–H and O–H groups in total. The quantitative estimate of drug-likeness (QED) is 0.293. The number of carbonyl (C=O) groups is 3. The van der Waals surface area contributed by atoms with Crippen molar-refractivity contribution >= 4 is 68.7 Å². The van der Waals surface area contributed by atoms with Gasteiger partial charge in [-0.2, -0.15) is 0 Å². The predicted molar refractivity (Wildman–Crippen MR) is 135 cm³/mol. The summed E-state index contributed by atoms with van der Waals surface area (Å²) in [5.41, 5.74) is 2.30. The Hall–Kier alpha value is -3.13. The second-order valence-corrected chi connectivity index (χ2v) is 9.14. The summed E-state index contributed by atoms with van der Waals surface area (Å²) in [5.74, 6) is -1.06. The summed E-state index contributed by atoms with van der Waals surface area (Å²) < 4.78 is 6.75. The molecule has 1 saturated heterocycles. The Balaban J connectivity index is 1.64. The van der Waals surface area contributed by atoms with Crippen molar-refractivity contribution in [2.75, 3.05) is 4.90 Å². The smallest absolute Gasteiger partial charge is 0.335 e. The fourth-order valence-electron chi connectivity index (χ4n) is 3.34. The van der Waals surface area contributed by atoms with Gasteiger partial charge < -0.3 is 4.74 Å². The SMILES string of the molecule is Cc1cc(N2C(=O)NC(=O)/C(=C\c3ccccc3OCc3ccc(Cl)c(Cl)c3)C2=O)ccc1Br. The van der Waals surface area contributed by atoms with Crippen molar-refractivity contribution in [1.82, 2.24) is 5.32 Å². The fraction of sp³-hybridized carbons (Fsp3) is 0.0800. The molecule has 4 amide bonds. The van der Waals surface area contributed by atoms with Gasteiger partial charge in [0.25, 0.3) is 11.8 Å². The second kappa shape index (κ2) is 10.0. The van der Waals surface area contributed by atoms with Gasteiger partial charge in [0.1, 0.15) is 17.9 Å². The van der Waals surface area contributed by atoms with Crippen LogP contribution < -0.4 is 15.0 Å². The van der Waals surface area contributed by atoms with Gasteiger partial charge in [-0.15, -0.1) is 0 Å². The Kier molecular flexibility index (Phi) is 7.07. The first-order valence-corrected chi connectivity index (χ1v) is 11.6. The van der Waals surface area contributed by atoms with Gasteiger partial charge in [-0.3, -0.25) is 14.9 Å². The number of hydrogen-bond donors (Lipinski definition) is 1. The number of halogens is 3. The molecule has 1 aliphatic rings. The van der Waals surface area contributed by atoms with Gasteiger partial charge in [0.15, 0.2) is 0 Å². The molecule has 1 heterocycles. The Morgan fingerprint density at radius 2 is 1.76 bits per heavy atom. The normalized spacial score (nSPS) is 15.0. The summed E-state index contributed by atoms with van der Waals surface area (Å²) in [6.07, 6.45) is 1.41. The average Bonchev–Trinajstić information content (AvgIpc) is 2.80. The Bertz CT molecular complexity index is 1360. The van der Waals surface area contributed by atoms with Gasteiger partial charge in [-0.25, -0.2) is 9.69 Å². The summed E-state index contributed by atoms with van der Waals surface area (Å²) in [7, 11) is 0. The van der Waals surface area contributed by atoms with E-state index >= 15 is 0 Å². The zero-order valence-electron chi connectivity index (χ0n) is 17.8. The third-order valence-electron chi connectivity index (χ3n) is 5.10. The summed E-state index contributed by atoms with van der Waals surface area (Å²) in [4.78, 5) is 39.2. The monoisotopic (exact) mass is 558 g/mol. The van der Waals surface area contributed by atoms with Gasteiger partial charge in [0.05, 0.1) is 15.7 Å². The van der Waals surface area contributed by atoms with Crippen LogP contribution in [0.25, 0.3) is 6.08 Å². The summed E-state index contributed by atoms with van der Waals surface area (Å²) >= 11 is 15.4. The molecule has 0 saturated carbocycles. The predicted octanol–water partition coefficient (Wildman–Crippen LogP) is 6.31. The lowest BCUT2D eigenvalue weighted by molar-refractivity contribution is -0.122. The van der Waals surface area contributed by atoms with Crippen LogP contribution in [-0.2, 0) is 16.2 Å². The number of hydrogen-bond acceptors (Lipinski definition) is 4. The van der Waals surface area contributed by atoms with Gasteiger partial charge in [0.2, 0.25) is 0 Å². The minimum absolute atomic E-state index is 0.189. The highest BCUT2D eigenvalue weighted by molar-refractivity contribution is 9.10. The lowest BCUT2D eigenvalue weighted by Crippen LogP contribution is -2.54. The standard InChI is InChI=1S/C25H17BrCl2N2O4/c1-14-10-17(7-8-19(14)26)30-24(32)18(23(31)29-25(30)33)12-16-4-2-3-5-22(16)34-13-15-6-9-20(27)21(28)11-15/h2-12H,13H2,1H3,(H,29,31,33)/b18-12+. The second-order valence-electron chi connectivity index (χ2n) is 7.47. The number of aryl methyl sites for hydroxylation is 1. The molecule has 0 radical (unpaired) electrons. The van der Waals surface area contributed by atoms with Crippen molar-refractivity contribution < 1.29 is 19.1 Å². The molecule has 1 fully saturated rings. The van der Waals surface area contributed by atoms with Gasteiger partial charge >= 0.3 is 6.03 Å². The van der Waals surface area contributed by atoms with Crippen LogP contribution in [0.3, 0.4) is 0 Å². The van der Waals surface area contributed by atoms with E-state index in [-0.39, 0.29) is 12.2 Å². The Labute approximate surface area is 214 Å². The molecule has 3 aromatic carbocycles. The van der Waals surface area contributed by atoms with Crippen LogP contribution in [-0.4, -0.2) is 17.8 Å². The van der Waals surface area contributed by atoms with Gasteiger partial charge in [0, 0.05) is 10.0 Å². The van der Waals surface area contributed by atoms with Crippen LogP contribution in [0, 0.1) is 6.92 Å². The number of imide groups is 2. The average molecular weight is 560 g/mol.